The third-order valence-electron chi connectivity index (χ3n) is 3.15. The predicted molar refractivity (Wildman–Crippen MR) is 77.6 cm³/mol. The summed E-state index contributed by atoms with van der Waals surface area (Å²) in [5.41, 5.74) is -0.0235. The van der Waals surface area contributed by atoms with Crippen molar-refractivity contribution in [3.05, 3.63) is 11.1 Å². The lowest BCUT2D eigenvalue weighted by Gasteiger charge is -2.34. The van der Waals surface area contributed by atoms with Gasteiger partial charge in [0.2, 0.25) is 0 Å². The molecule has 2 N–H and O–H groups in total. The van der Waals surface area contributed by atoms with Crippen molar-refractivity contribution in [2.24, 2.45) is 0 Å². The molecule has 1 saturated heterocycles. The summed E-state index contributed by atoms with van der Waals surface area (Å²) in [5, 5.41) is 11.7. The highest BCUT2D eigenvalue weighted by atomic mass is 32.2. The number of amides is 3. The summed E-state index contributed by atoms with van der Waals surface area (Å²) in [6.07, 6.45) is 0. The lowest BCUT2D eigenvalue weighted by molar-refractivity contribution is -0.133. The number of aliphatic carboxylic acids is 1. The van der Waals surface area contributed by atoms with Gasteiger partial charge in [-0.25, -0.2) is 9.59 Å². The smallest absolute Gasteiger partial charge is 0.331 e. The molecule has 1 fully saturated rings. The zero-order valence-electron chi connectivity index (χ0n) is 12.1. The van der Waals surface area contributed by atoms with Crippen molar-refractivity contribution in [3.63, 3.8) is 0 Å². The molecule has 3 amide bonds. The molecule has 1 heterocycles. The number of imide groups is 1. The van der Waals surface area contributed by atoms with Crippen LogP contribution >= 0.6 is 11.8 Å². The largest absolute Gasteiger partial charge is 0.478 e. The van der Waals surface area contributed by atoms with Crippen LogP contribution in [0.15, 0.2) is 11.1 Å². The van der Waals surface area contributed by atoms with Gasteiger partial charge in [0.15, 0.2) is 0 Å². The molecule has 2 unspecified atom stereocenters. The van der Waals surface area contributed by atoms with Crippen molar-refractivity contribution < 1.29 is 19.5 Å². The Bertz CT molecular complexity index is 451. The molecule has 1 aliphatic heterocycles. The Balaban J connectivity index is 2.69. The molecule has 112 valence electrons. The molecule has 0 aromatic rings. The molecular weight excluding hydrogens is 280 g/mol. The van der Waals surface area contributed by atoms with Gasteiger partial charge < -0.3 is 10.0 Å². The first kappa shape index (κ1) is 16.6. The van der Waals surface area contributed by atoms with Gasteiger partial charge >= 0.3 is 12.0 Å². The van der Waals surface area contributed by atoms with Crippen LogP contribution in [-0.2, 0) is 9.59 Å². The number of carbonyl (C=O) groups excluding carboxylic acids is 2. The van der Waals surface area contributed by atoms with E-state index in [1.165, 1.54) is 13.8 Å². The van der Waals surface area contributed by atoms with Crippen molar-refractivity contribution in [1.29, 1.82) is 0 Å². The molecule has 0 aliphatic carbocycles. The first-order chi connectivity index (χ1) is 9.22. The SMILES string of the molecule is CC(C(=O)O)=C(C)C(=O)NC(=O)N1CC(C)SC(C)C1. The Hall–Kier alpha value is -1.50. The van der Waals surface area contributed by atoms with Gasteiger partial charge in [-0.15, -0.1) is 0 Å². The first-order valence-corrected chi connectivity index (χ1v) is 7.33. The van der Waals surface area contributed by atoms with Crippen molar-refractivity contribution in [2.45, 2.75) is 38.2 Å². The van der Waals surface area contributed by atoms with Gasteiger partial charge in [-0.05, 0) is 13.8 Å². The van der Waals surface area contributed by atoms with Crippen LogP contribution in [0, 0.1) is 0 Å². The Morgan fingerprint density at radius 1 is 1.10 bits per heavy atom. The maximum Gasteiger partial charge on any atom is 0.331 e. The summed E-state index contributed by atoms with van der Waals surface area (Å²) in [6, 6.07) is -0.466. The van der Waals surface area contributed by atoms with Crippen molar-refractivity contribution in [1.82, 2.24) is 10.2 Å². The van der Waals surface area contributed by atoms with Gasteiger partial charge in [-0.2, -0.15) is 11.8 Å². The van der Waals surface area contributed by atoms with Gasteiger partial charge in [0.1, 0.15) is 0 Å². The number of hydrogen-bond donors (Lipinski definition) is 2. The van der Waals surface area contributed by atoms with Crippen LogP contribution in [0.4, 0.5) is 4.79 Å². The molecule has 0 saturated carbocycles. The predicted octanol–water partition coefficient (Wildman–Crippen LogP) is 1.47. The Morgan fingerprint density at radius 3 is 2.05 bits per heavy atom. The molecule has 0 aromatic heterocycles. The first-order valence-electron chi connectivity index (χ1n) is 6.38. The maximum absolute atomic E-state index is 12.0. The lowest BCUT2D eigenvalue weighted by Crippen LogP contribution is -2.50. The minimum Gasteiger partial charge on any atom is -0.478 e. The maximum atomic E-state index is 12.0. The van der Waals surface area contributed by atoms with E-state index in [-0.39, 0.29) is 11.1 Å². The Morgan fingerprint density at radius 2 is 1.60 bits per heavy atom. The number of hydrogen-bond acceptors (Lipinski definition) is 4. The molecule has 6 nitrogen and oxygen atoms in total. The summed E-state index contributed by atoms with van der Waals surface area (Å²) >= 11 is 1.80. The fourth-order valence-electron chi connectivity index (χ4n) is 1.94. The fourth-order valence-corrected chi connectivity index (χ4v) is 3.27. The summed E-state index contributed by atoms with van der Waals surface area (Å²) in [4.78, 5) is 36.2. The fraction of sp³-hybridized carbons (Fsp3) is 0.615. The number of thioether (sulfide) groups is 1. The van der Waals surface area contributed by atoms with Crippen molar-refractivity contribution >= 4 is 29.7 Å². The van der Waals surface area contributed by atoms with E-state index < -0.39 is 17.9 Å². The molecule has 7 heteroatoms. The van der Waals surface area contributed by atoms with E-state index in [1.807, 2.05) is 13.8 Å². The average molecular weight is 300 g/mol. The van der Waals surface area contributed by atoms with Crippen LogP contribution in [-0.4, -0.2) is 51.5 Å². The van der Waals surface area contributed by atoms with E-state index in [2.05, 4.69) is 5.32 Å². The second kappa shape index (κ2) is 6.78. The van der Waals surface area contributed by atoms with Crippen LogP contribution in [0.2, 0.25) is 0 Å². The Kier molecular flexibility index (Phi) is 5.62. The minimum absolute atomic E-state index is 0.0401. The highest BCUT2D eigenvalue weighted by Gasteiger charge is 2.27. The standard InChI is InChI=1S/C13H20N2O4S/c1-7-5-15(6-8(2)20-7)13(19)14-11(16)9(3)10(4)12(17)18/h7-8H,5-6H2,1-4H3,(H,17,18)(H,14,16,19). The third kappa shape index (κ3) is 4.26. The molecular formula is C13H20N2O4S. The molecule has 20 heavy (non-hydrogen) atoms. The van der Waals surface area contributed by atoms with E-state index in [0.717, 1.165) is 0 Å². The molecule has 1 rings (SSSR count). The second-order valence-corrected chi connectivity index (χ2v) is 6.86. The van der Waals surface area contributed by atoms with Crippen LogP contribution < -0.4 is 5.32 Å². The van der Waals surface area contributed by atoms with Crippen LogP contribution in [0.25, 0.3) is 0 Å². The summed E-state index contributed by atoms with van der Waals surface area (Å²) < 4.78 is 0. The molecule has 0 spiro atoms. The highest BCUT2D eigenvalue weighted by molar-refractivity contribution is 8.00. The normalized spacial score (nSPS) is 23.9. The Labute approximate surface area is 122 Å². The minimum atomic E-state index is -1.17. The zero-order chi connectivity index (χ0) is 15.4. The van der Waals surface area contributed by atoms with Gasteiger partial charge in [0, 0.05) is 34.7 Å². The average Bonchev–Trinajstić information content (AvgIpc) is 2.35. The van der Waals surface area contributed by atoms with E-state index in [4.69, 9.17) is 5.11 Å². The highest BCUT2D eigenvalue weighted by Crippen LogP contribution is 2.24. The monoisotopic (exact) mass is 300 g/mol. The molecule has 0 aromatic carbocycles. The van der Waals surface area contributed by atoms with E-state index in [1.54, 1.807) is 16.7 Å². The van der Waals surface area contributed by atoms with Gasteiger partial charge in [-0.1, -0.05) is 13.8 Å². The third-order valence-corrected chi connectivity index (χ3v) is 4.38. The van der Waals surface area contributed by atoms with E-state index in [0.29, 0.717) is 23.6 Å². The van der Waals surface area contributed by atoms with Crippen LogP contribution in [0.3, 0.4) is 0 Å². The van der Waals surface area contributed by atoms with E-state index in [9.17, 15) is 14.4 Å². The topological polar surface area (TPSA) is 86.7 Å². The summed E-state index contributed by atoms with van der Waals surface area (Å²) in [5.74, 6) is -1.82. The summed E-state index contributed by atoms with van der Waals surface area (Å²) in [7, 11) is 0. The number of nitrogens with one attached hydrogen (secondary N) is 1. The number of carbonyl (C=O) groups is 3. The van der Waals surface area contributed by atoms with Crippen molar-refractivity contribution in [2.75, 3.05) is 13.1 Å². The zero-order valence-corrected chi connectivity index (χ0v) is 12.9. The van der Waals surface area contributed by atoms with Gasteiger partial charge in [0.25, 0.3) is 5.91 Å². The summed E-state index contributed by atoms with van der Waals surface area (Å²) in [6.45, 7) is 7.95. The molecule has 0 bridgehead atoms. The van der Waals surface area contributed by atoms with Gasteiger partial charge in [-0.3, -0.25) is 10.1 Å². The molecule has 2 atom stereocenters. The number of rotatable bonds is 2. The van der Waals surface area contributed by atoms with Gasteiger partial charge in [0.05, 0.1) is 0 Å². The quantitative estimate of drug-likeness (QED) is 0.754. The molecule has 1 aliphatic rings. The number of carboxylic acid groups (broad SMARTS) is 1. The number of carboxylic acids is 1. The molecule has 0 radical (unpaired) electrons. The number of nitrogens with zero attached hydrogens (tertiary/aromatic N) is 1. The van der Waals surface area contributed by atoms with Crippen molar-refractivity contribution in [3.8, 4) is 0 Å². The second-order valence-electron chi connectivity index (χ2n) is 4.98. The number of urea groups is 1. The van der Waals surface area contributed by atoms with Crippen LogP contribution in [0.5, 0.6) is 0 Å². The lowest BCUT2D eigenvalue weighted by atomic mass is 10.1. The van der Waals surface area contributed by atoms with Crippen LogP contribution in [0.1, 0.15) is 27.7 Å². The van der Waals surface area contributed by atoms with E-state index >= 15 is 0 Å².